The summed E-state index contributed by atoms with van der Waals surface area (Å²) in [6, 6.07) is 39.2. The number of para-hydroxylation sites is 2. The maximum atomic E-state index is 3.42. The second-order valence-electron chi connectivity index (χ2n) is 13.0. The fourth-order valence-corrected chi connectivity index (χ4v) is 8.89. The van der Waals surface area contributed by atoms with Gasteiger partial charge in [0, 0.05) is 54.9 Å². The van der Waals surface area contributed by atoms with Crippen molar-refractivity contribution in [2.45, 2.75) is 84.8 Å². The first-order chi connectivity index (χ1) is 24.7. The molecule has 0 atom stereocenters. The average molecular weight is 689 g/mol. The summed E-state index contributed by atoms with van der Waals surface area (Å²) in [6.07, 6.45) is 10.0. The fourth-order valence-electron chi connectivity index (χ4n) is 6.62. The molecule has 2 heterocycles. The summed E-state index contributed by atoms with van der Waals surface area (Å²) in [5.41, 5.74) is 9.29. The van der Waals surface area contributed by atoms with Crippen molar-refractivity contribution in [2.24, 2.45) is 0 Å². The zero-order valence-electron chi connectivity index (χ0n) is 29.2. The van der Waals surface area contributed by atoms with Gasteiger partial charge in [0.2, 0.25) is 0 Å². The molecular weight excluding hydrogens is 645 g/mol. The fraction of sp³-hybridized carbons (Fsp3) is 0.261. The zero-order valence-corrected chi connectivity index (χ0v) is 30.8. The molecule has 0 spiro atoms. The number of nitrogens with zero attached hydrogens (tertiary/aromatic N) is 2. The van der Waals surface area contributed by atoms with Crippen LogP contribution in [0.25, 0.3) is 0 Å². The van der Waals surface area contributed by atoms with Gasteiger partial charge in [-0.1, -0.05) is 124 Å². The molecule has 0 saturated carbocycles. The van der Waals surface area contributed by atoms with Crippen LogP contribution in [-0.4, -0.2) is 13.1 Å². The third kappa shape index (κ3) is 7.94. The number of hydrogen-bond donors (Lipinski definition) is 0. The Kier molecular flexibility index (Phi) is 11.2. The number of benzene rings is 5. The first-order valence-corrected chi connectivity index (χ1v) is 19.8. The molecule has 7 rings (SSSR count). The van der Waals surface area contributed by atoms with Gasteiger partial charge in [-0.2, -0.15) is 0 Å². The van der Waals surface area contributed by atoms with Gasteiger partial charge < -0.3 is 9.80 Å². The molecule has 250 valence electrons. The molecule has 4 heteroatoms. The highest BCUT2D eigenvalue weighted by Gasteiger charge is 2.24. The number of hydrogen-bond acceptors (Lipinski definition) is 4. The molecule has 2 nitrogen and oxygen atoms in total. The molecule has 0 amide bonds. The molecule has 0 bridgehead atoms. The predicted octanol–water partition coefficient (Wildman–Crippen LogP) is 12.9. The largest absolute Gasteiger partial charge is 0.340 e. The Morgan fingerprint density at radius 1 is 0.400 bits per heavy atom. The standard InChI is InChI=1S/C46H44N2S2/c1-3-5-7-13-31-47-39-15-9-11-17-43(39)49-45-33-37(27-29-41(45)47)25-23-35-19-21-36(22-20-35)24-26-38-28-30-42-46(34-38)50-44-18-12-10-16-40(44)48(42)32-14-8-6-4-2/h9-12,15-22,27-30,33-34H,3-8,13-14,31-32H2,1-2H3. The number of fused-ring (bicyclic) bond motifs is 4. The Hall–Kier alpha value is -4.48. The SMILES string of the molecule is CCCCCCN1c2ccccc2Sc2cc(C#Cc3ccc(C#Cc4ccc5c(c4)Sc4ccccc4N5CCCCCC)cc3)ccc21. The van der Waals surface area contributed by atoms with E-state index in [-0.39, 0.29) is 0 Å². The highest BCUT2D eigenvalue weighted by Crippen LogP contribution is 2.49. The molecule has 5 aromatic rings. The lowest BCUT2D eigenvalue weighted by molar-refractivity contribution is 0.665. The van der Waals surface area contributed by atoms with Crippen molar-refractivity contribution in [3.05, 3.63) is 131 Å². The van der Waals surface area contributed by atoms with Gasteiger partial charge in [-0.3, -0.25) is 0 Å². The molecule has 0 fully saturated rings. The van der Waals surface area contributed by atoms with Gasteiger partial charge in [-0.15, -0.1) is 0 Å². The minimum absolute atomic E-state index is 0.992. The quantitative estimate of drug-likeness (QED) is 0.106. The van der Waals surface area contributed by atoms with Crippen molar-refractivity contribution >= 4 is 46.3 Å². The van der Waals surface area contributed by atoms with Crippen LogP contribution in [0.4, 0.5) is 22.7 Å². The lowest BCUT2D eigenvalue weighted by Gasteiger charge is -2.33. The van der Waals surface area contributed by atoms with E-state index in [2.05, 4.69) is 157 Å². The van der Waals surface area contributed by atoms with Crippen LogP contribution in [0.5, 0.6) is 0 Å². The Bertz CT molecular complexity index is 1930. The Labute approximate surface area is 307 Å². The van der Waals surface area contributed by atoms with Crippen molar-refractivity contribution in [1.29, 1.82) is 0 Å². The minimum Gasteiger partial charge on any atom is -0.340 e. The van der Waals surface area contributed by atoms with Gasteiger partial charge >= 0.3 is 0 Å². The van der Waals surface area contributed by atoms with E-state index in [1.54, 1.807) is 0 Å². The van der Waals surface area contributed by atoms with E-state index >= 15 is 0 Å². The van der Waals surface area contributed by atoms with Gasteiger partial charge in [0.05, 0.1) is 22.7 Å². The summed E-state index contributed by atoms with van der Waals surface area (Å²) < 4.78 is 0. The van der Waals surface area contributed by atoms with E-state index in [0.29, 0.717) is 0 Å². The molecule has 5 aromatic carbocycles. The Morgan fingerprint density at radius 3 is 1.22 bits per heavy atom. The van der Waals surface area contributed by atoms with Crippen LogP contribution in [-0.2, 0) is 0 Å². The number of rotatable bonds is 10. The van der Waals surface area contributed by atoms with E-state index < -0.39 is 0 Å². The van der Waals surface area contributed by atoms with Gasteiger partial charge in [0.15, 0.2) is 0 Å². The topological polar surface area (TPSA) is 6.48 Å². The molecular formula is C46H44N2S2. The summed E-state index contributed by atoms with van der Waals surface area (Å²) in [4.78, 5) is 10.2. The third-order valence-corrected chi connectivity index (χ3v) is 11.5. The summed E-state index contributed by atoms with van der Waals surface area (Å²) >= 11 is 3.70. The monoisotopic (exact) mass is 688 g/mol. The van der Waals surface area contributed by atoms with Crippen LogP contribution in [0.3, 0.4) is 0 Å². The molecule has 2 aliphatic rings. The number of anilines is 4. The van der Waals surface area contributed by atoms with Gasteiger partial charge in [0.1, 0.15) is 0 Å². The highest BCUT2D eigenvalue weighted by molar-refractivity contribution is 8.00. The van der Waals surface area contributed by atoms with E-state index in [1.807, 2.05) is 23.5 Å². The molecule has 2 aliphatic heterocycles. The second kappa shape index (κ2) is 16.5. The van der Waals surface area contributed by atoms with Crippen LogP contribution in [0, 0.1) is 23.7 Å². The lowest BCUT2D eigenvalue weighted by atomic mass is 10.1. The summed E-state index contributed by atoms with van der Waals surface area (Å²) in [5.74, 6) is 13.6. The van der Waals surface area contributed by atoms with Crippen LogP contribution in [0.2, 0.25) is 0 Å². The minimum atomic E-state index is 0.992. The van der Waals surface area contributed by atoms with Gasteiger partial charge in [-0.25, -0.2) is 0 Å². The maximum Gasteiger partial charge on any atom is 0.0553 e. The van der Waals surface area contributed by atoms with Gasteiger partial charge in [-0.05, 0) is 97.8 Å². The van der Waals surface area contributed by atoms with Crippen molar-refractivity contribution in [1.82, 2.24) is 0 Å². The zero-order chi connectivity index (χ0) is 34.1. The summed E-state index contributed by atoms with van der Waals surface area (Å²) in [7, 11) is 0. The van der Waals surface area contributed by atoms with E-state index in [1.165, 1.54) is 93.7 Å². The molecule has 0 aliphatic carbocycles. The van der Waals surface area contributed by atoms with Crippen molar-refractivity contribution in [3.63, 3.8) is 0 Å². The van der Waals surface area contributed by atoms with Crippen molar-refractivity contribution < 1.29 is 0 Å². The molecule has 0 radical (unpaired) electrons. The van der Waals surface area contributed by atoms with E-state index in [9.17, 15) is 0 Å². The Balaban J connectivity index is 1.04. The van der Waals surface area contributed by atoms with E-state index in [4.69, 9.17) is 0 Å². The molecule has 0 aromatic heterocycles. The molecule has 0 unspecified atom stereocenters. The predicted molar refractivity (Wildman–Crippen MR) is 215 cm³/mol. The summed E-state index contributed by atoms with van der Waals surface area (Å²) in [6.45, 7) is 6.63. The first-order valence-electron chi connectivity index (χ1n) is 18.2. The maximum absolute atomic E-state index is 3.42. The van der Waals surface area contributed by atoms with Crippen molar-refractivity contribution in [2.75, 3.05) is 22.9 Å². The van der Waals surface area contributed by atoms with Crippen LogP contribution >= 0.6 is 23.5 Å². The van der Waals surface area contributed by atoms with Crippen LogP contribution in [0.15, 0.2) is 129 Å². The highest BCUT2D eigenvalue weighted by atomic mass is 32.2. The molecule has 0 saturated heterocycles. The number of unbranched alkanes of at least 4 members (excludes halogenated alkanes) is 6. The smallest absolute Gasteiger partial charge is 0.0553 e. The summed E-state index contributed by atoms with van der Waals surface area (Å²) in [5, 5.41) is 0. The van der Waals surface area contributed by atoms with Crippen LogP contribution < -0.4 is 9.80 Å². The van der Waals surface area contributed by atoms with Crippen LogP contribution in [0.1, 0.15) is 87.5 Å². The second-order valence-corrected chi connectivity index (χ2v) is 15.2. The molecule has 50 heavy (non-hydrogen) atoms. The van der Waals surface area contributed by atoms with E-state index in [0.717, 1.165) is 35.3 Å². The first kappa shape index (κ1) is 34.0. The third-order valence-electron chi connectivity index (χ3n) is 9.31. The molecule has 0 N–H and O–H groups in total. The normalized spacial score (nSPS) is 12.4. The Morgan fingerprint density at radius 2 is 0.780 bits per heavy atom. The van der Waals surface area contributed by atoms with Gasteiger partial charge in [0.25, 0.3) is 0 Å². The lowest BCUT2D eigenvalue weighted by Crippen LogP contribution is -2.22. The van der Waals surface area contributed by atoms with Crippen molar-refractivity contribution in [3.8, 4) is 23.7 Å². The average Bonchev–Trinajstić information content (AvgIpc) is 3.16.